The first-order valence-corrected chi connectivity index (χ1v) is 10.5. The minimum Gasteiger partial charge on any atom is -0.330 e. The van der Waals surface area contributed by atoms with Crippen LogP contribution in [-0.2, 0) is 10.0 Å². The van der Waals surface area contributed by atoms with Crippen molar-refractivity contribution in [2.45, 2.75) is 50.6 Å². The molecule has 5 nitrogen and oxygen atoms in total. The highest BCUT2D eigenvalue weighted by Gasteiger charge is 2.34. The number of carbonyl (C=O) groups excluding carboxylic acids is 1. The van der Waals surface area contributed by atoms with Gasteiger partial charge in [0.2, 0.25) is 10.0 Å². The summed E-state index contributed by atoms with van der Waals surface area (Å²) in [5.74, 6) is -0.803. The molecule has 0 N–H and O–H groups in total. The third kappa shape index (κ3) is 5.44. The number of hydrogen-bond acceptors (Lipinski definition) is 3. The first-order chi connectivity index (χ1) is 12.6. The predicted octanol–water partition coefficient (Wildman–Crippen LogP) is 3.58. The summed E-state index contributed by atoms with van der Waals surface area (Å²) < 4.78 is 65.5. The maximum Gasteiger partial charge on any atom is 0.406 e. The van der Waals surface area contributed by atoms with Crippen molar-refractivity contribution in [2.75, 3.05) is 26.2 Å². The van der Waals surface area contributed by atoms with E-state index in [1.165, 1.54) is 22.5 Å². The number of nitrogens with zero attached hydrogens (tertiary/aromatic N) is 2. The van der Waals surface area contributed by atoms with Gasteiger partial charge in [-0.15, -0.1) is 0 Å². The van der Waals surface area contributed by atoms with Crippen molar-refractivity contribution in [3.63, 3.8) is 0 Å². The summed E-state index contributed by atoms with van der Waals surface area (Å²) in [7, 11) is -3.77. The molecule has 0 unspecified atom stereocenters. The van der Waals surface area contributed by atoms with E-state index in [1.807, 2.05) is 0 Å². The van der Waals surface area contributed by atoms with Crippen LogP contribution in [0.1, 0.15) is 48.5 Å². The first-order valence-electron chi connectivity index (χ1n) is 9.03. The monoisotopic (exact) mass is 406 g/mol. The van der Waals surface area contributed by atoms with Gasteiger partial charge in [0.15, 0.2) is 0 Å². The van der Waals surface area contributed by atoms with E-state index in [0.29, 0.717) is 25.1 Å². The molecule has 1 heterocycles. The molecular weight excluding hydrogens is 381 g/mol. The maximum atomic E-state index is 12.8. The molecule has 0 atom stereocenters. The Labute approximate surface area is 158 Å². The van der Waals surface area contributed by atoms with Gasteiger partial charge in [-0.25, -0.2) is 8.42 Å². The number of alkyl halides is 3. The van der Waals surface area contributed by atoms with Gasteiger partial charge in [0.1, 0.15) is 6.54 Å². The summed E-state index contributed by atoms with van der Waals surface area (Å²) in [6.07, 6.45) is -1.64. The molecule has 1 saturated heterocycles. The molecule has 0 spiro atoms. The fourth-order valence-electron chi connectivity index (χ4n) is 3.16. The minimum atomic E-state index is -4.52. The van der Waals surface area contributed by atoms with E-state index in [-0.39, 0.29) is 17.0 Å². The Balaban J connectivity index is 2.36. The van der Waals surface area contributed by atoms with Gasteiger partial charge in [0.05, 0.1) is 4.90 Å². The molecule has 1 aromatic rings. The number of piperidine rings is 1. The highest BCUT2D eigenvalue weighted by molar-refractivity contribution is 7.89. The second-order valence-electron chi connectivity index (χ2n) is 6.78. The van der Waals surface area contributed by atoms with E-state index in [2.05, 4.69) is 0 Å². The second kappa shape index (κ2) is 8.60. The van der Waals surface area contributed by atoms with E-state index >= 15 is 0 Å². The molecule has 1 amide bonds. The zero-order chi connectivity index (χ0) is 20.2. The zero-order valence-corrected chi connectivity index (χ0v) is 16.4. The number of rotatable bonds is 6. The maximum absolute atomic E-state index is 12.8. The summed E-state index contributed by atoms with van der Waals surface area (Å²) in [5.41, 5.74) is 0.437. The third-order valence-electron chi connectivity index (χ3n) is 4.54. The second-order valence-corrected chi connectivity index (χ2v) is 8.72. The zero-order valence-electron chi connectivity index (χ0n) is 15.6. The summed E-state index contributed by atoms with van der Waals surface area (Å²) in [6, 6.07) is 4.09. The van der Waals surface area contributed by atoms with Crippen molar-refractivity contribution < 1.29 is 26.4 Å². The fraction of sp³-hybridized carbons (Fsp3) is 0.611. The van der Waals surface area contributed by atoms with Gasteiger partial charge in [-0.3, -0.25) is 4.79 Å². The third-order valence-corrected chi connectivity index (χ3v) is 6.44. The molecule has 1 fully saturated rings. The molecule has 1 aromatic carbocycles. The van der Waals surface area contributed by atoms with E-state index in [9.17, 15) is 26.4 Å². The standard InChI is InChI=1S/C18H25F3N2O3S/c1-3-9-22(13-18(19,20)21)17(24)16-12-15(8-7-14(16)2)27(25,26)23-10-5-4-6-11-23/h7-8,12H,3-6,9-11,13H2,1-2H3. The van der Waals surface area contributed by atoms with Crippen LogP contribution in [0.2, 0.25) is 0 Å². The normalized spacial score (nSPS) is 16.3. The first kappa shape index (κ1) is 21.7. The largest absolute Gasteiger partial charge is 0.406 e. The Morgan fingerprint density at radius 3 is 2.37 bits per heavy atom. The molecule has 1 aliphatic heterocycles. The number of benzene rings is 1. The average Bonchev–Trinajstić information content (AvgIpc) is 2.60. The van der Waals surface area contributed by atoms with E-state index in [1.54, 1.807) is 13.8 Å². The highest BCUT2D eigenvalue weighted by Crippen LogP contribution is 2.25. The number of amides is 1. The van der Waals surface area contributed by atoms with Gasteiger partial charge in [-0.2, -0.15) is 17.5 Å². The molecule has 152 valence electrons. The number of carbonyl (C=O) groups is 1. The number of sulfonamides is 1. The molecule has 9 heteroatoms. The van der Waals surface area contributed by atoms with E-state index in [0.717, 1.165) is 24.2 Å². The molecule has 0 bridgehead atoms. The van der Waals surface area contributed by atoms with Crippen molar-refractivity contribution in [2.24, 2.45) is 0 Å². The quantitative estimate of drug-likeness (QED) is 0.726. The van der Waals surface area contributed by atoms with Gasteiger partial charge in [0.25, 0.3) is 5.91 Å². The Bertz CT molecular complexity index is 773. The van der Waals surface area contributed by atoms with Crippen LogP contribution in [-0.4, -0.2) is 55.9 Å². The Kier molecular flexibility index (Phi) is 6.91. The number of aryl methyl sites for hydroxylation is 1. The Morgan fingerprint density at radius 1 is 1.19 bits per heavy atom. The fourth-order valence-corrected chi connectivity index (χ4v) is 4.70. The van der Waals surface area contributed by atoms with Crippen molar-refractivity contribution in [3.8, 4) is 0 Å². The van der Waals surface area contributed by atoms with Crippen LogP contribution in [0.15, 0.2) is 23.1 Å². The lowest BCUT2D eigenvalue weighted by Crippen LogP contribution is -2.40. The topological polar surface area (TPSA) is 57.7 Å². The lowest BCUT2D eigenvalue weighted by atomic mass is 10.1. The molecule has 0 aromatic heterocycles. The van der Waals surface area contributed by atoms with Crippen LogP contribution in [0.3, 0.4) is 0 Å². The average molecular weight is 406 g/mol. The van der Waals surface area contributed by atoms with Crippen LogP contribution in [0.4, 0.5) is 13.2 Å². The van der Waals surface area contributed by atoms with Crippen LogP contribution in [0.25, 0.3) is 0 Å². The van der Waals surface area contributed by atoms with Crippen LogP contribution in [0, 0.1) is 6.92 Å². The van der Waals surface area contributed by atoms with Crippen molar-refractivity contribution in [3.05, 3.63) is 29.3 Å². The van der Waals surface area contributed by atoms with Gasteiger partial charge < -0.3 is 4.90 Å². The van der Waals surface area contributed by atoms with E-state index < -0.39 is 28.7 Å². The Hall–Kier alpha value is -1.61. The smallest absolute Gasteiger partial charge is 0.330 e. The van der Waals surface area contributed by atoms with Crippen LogP contribution in [0.5, 0.6) is 0 Å². The number of halogens is 3. The van der Waals surface area contributed by atoms with Crippen molar-refractivity contribution in [1.82, 2.24) is 9.21 Å². The van der Waals surface area contributed by atoms with E-state index in [4.69, 9.17) is 0 Å². The molecular formula is C18H25F3N2O3S. The minimum absolute atomic E-state index is 0.00853. The molecule has 0 aliphatic carbocycles. The van der Waals surface area contributed by atoms with Crippen molar-refractivity contribution in [1.29, 1.82) is 0 Å². The van der Waals surface area contributed by atoms with Crippen LogP contribution >= 0.6 is 0 Å². The van der Waals surface area contributed by atoms with Gasteiger partial charge >= 0.3 is 6.18 Å². The van der Waals surface area contributed by atoms with Gasteiger partial charge in [-0.05, 0) is 43.9 Å². The predicted molar refractivity (Wildman–Crippen MR) is 96.0 cm³/mol. The lowest BCUT2D eigenvalue weighted by molar-refractivity contribution is -0.140. The highest BCUT2D eigenvalue weighted by atomic mass is 32.2. The number of hydrogen-bond donors (Lipinski definition) is 0. The summed E-state index contributed by atoms with van der Waals surface area (Å²) in [6.45, 7) is 2.68. The Morgan fingerprint density at radius 2 is 1.81 bits per heavy atom. The SMILES string of the molecule is CCCN(CC(F)(F)F)C(=O)c1cc(S(=O)(=O)N2CCCCC2)ccc1C. The molecule has 0 radical (unpaired) electrons. The summed E-state index contributed by atoms with van der Waals surface area (Å²) in [5, 5.41) is 0. The van der Waals surface area contributed by atoms with Crippen molar-refractivity contribution >= 4 is 15.9 Å². The summed E-state index contributed by atoms with van der Waals surface area (Å²) >= 11 is 0. The lowest BCUT2D eigenvalue weighted by Gasteiger charge is -2.27. The molecule has 27 heavy (non-hydrogen) atoms. The van der Waals surface area contributed by atoms with Gasteiger partial charge in [-0.1, -0.05) is 19.4 Å². The molecule has 0 saturated carbocycles. The molecule has 2 rings (SSSR count). The molecule has 1 aliphatic rings. The summed E-state index contributed by atoms with van der Waals surface area (Å²) in [4.78, 5) is 13.4. The van der Waals surface area contributed by atoms with Crippen LogP contribution < -0.4 is 0 Å². The van der Waals surface area contributed by atoms with Gasteiger partial charge in [0, 0.05) is 25.2 Å².